The first-order valence-corrected chi connectivity index (χ1v) is 8.48. The molecule has 3 aliphatic rings. The summed E-state index contributed by atoms with van der Waals surface area (Å²) in [5.41, 5.74) is 1.15. The Labute approximate surface area is 140 Å². The fraction of sp³-hybridized carbons (Fsp3) is 0.500. The number of aryl methyl sites for hydroxylation is 1. The molecule has 1 unspecified atom stereocenters. The maximum Gasteiger partial charge on any atom is 0.263 e. The van der Waals surface area contributed by atoms with E-state index in [2.05, 4.69) is 0 Å². The molecule has 0 bridgehead atoms. The highest BCUT2D eigenvalue weighted by Crippen LogP contribution is 2.29. The van der Waals surface area contributed by atoms with Crippen molar-refractivity contribution < 1.29 is 19.1 Å². The number of likely N-dealkylation sites (tertiary alicyclic amines) is 2. The topological polar surface area (TPSA) is 66.9 Å². The molecule has 24 heavy (non-hydrogen) atoms. The second-order valence-corrected chi connectivity index (χ2v) is 6.76. The molecule has 1 aromatic carbocycles. The van der Waals surface area contributed by atoms with Crippen molar-refractivity contribution in [1.82, 2.24) is 9.80 Å². The van der Waals surface area contributed by atoms with Gasteiger partial charge in [-0.2, -0.15) is 0 Å². The molecule has 0 saturated carbocycles. The lowest BCUT2D eigenvalue weighted by molar-refractivity contribution is -0.148. The standard InChI is InChI=1S/C18H20N2O4/c21-16-7-8-17(22)20(16)11-12-9-19(10-12)18(23)15-6-5-13-3-1-2-4-14(13)24-15/h1-4,12,15H,5-11H2. The van der Waals surface area contributed by atoms with Crippen LogP contribution in [0.4, 0.5) is 0 Å². The minimum absolute atomic E-state index is 0.0137. The molecule has 0 aliphatic carbocycles. The van der Waals surface area contributed by atoms with E-state index in [1.54, 1.807) is 4.90 Å². The number of para-hydroxylation sites is 1. The van der Waals surface area contributed by atoms with Crippen LogP contribution in [0, 0.1) is 5.92 Å². The lowest BCUT2D eigenvalue weighted by atomic mass is 9.96. The van der Waals surface area contributed by atoms with Gasteiger partial charge in [-0.3, -0.25) is 19.3 Å². The van der Waals surface area contributed by atoms with Gasteiger partial charge in [-0.25, -0.2) is 0 Å². The molecule has 1 aromatic rings. The van der Waals surface area contributed by atoms with Crippen LogP contribution in [-0.4, -0.2) is 53.3 Å². The number of imide groups is 1. The number of benzene rings is 1. The number of rotatable bonds is 3. The molecule has 3 heterocycles. The van der Waals surface area contributed by atoms with E-state index < -0.39 is 6.10 Å². The van der Waals surface area contributed by atoms with Crippen LogP contribution in [0.5, 0.6) is 5.75 Å². The van der Waals surface area contributed by atoms with Gasteiger partial charge in [0, 0.05) is 38.4 Å². The van der Waals surface area contributed by atoms with Crippen molar-refractivity contribution in [3.63, 3.8) is 0 Å². The van der Waals surface area contributed by atoms with Crippen LogP contribution in [0.2, 0.25) is 0 Å². The molecule has 0 spiro atoms. The number of nitrogens with zero attached hydrogens (tertiary/aromatic N) is 2. The number of carbonyl (C=O) groups is 3. The van der Waals surface area contributed by atoms with Gasteiger partial charge in [-0.1, -0.05) is 18.2 Å². The zero-order valence-electron chi connectivity index (χ0n) is 13.4. The number of ether oxygens (including phenoxy) is 1. The zero-order chi connectivity index (χ0) is 16.7. The third-order valence-electron chi connectivity index (χ3n) is 5.06. The minimum Gasteiger partial charge on any atom is -0.480 e. The van der Waals surface area contributed by atoms with Crippen molar-refractivity contribution in [3.05, 3.63) is 29.8 Å². The van der Waals surface area contributed by atoms with Gasteiger partial charge in [0.15, 0.2) is 6.10 Å². The number of hydrogen-bond acceptors (Lipinski definition) is 4. The van der Waals surface area contributed by atoms with E-state index in [1.165, 1.54) is 4.90 Å². The van der Waals surface area contributed by atoms with Crippen LogP contribution in [0.1, 0.15) is 24.8 Å². The summed E-state index contributed by atoms with van der Waals surface area (Å²) >= 11 is 0. The summed E-state index contributed by atoms with van der Waals surface area (Å²) in [6, 6.07) is 7.82. The monoisotopic (exact) mass is 328 g/mol. The molecule has 1 atom stereocenters. The SMILES string of the molecule is O=C(C1CCc2ccccc2O1)N1CC(CN2C(=O)CCC2=O)C1. The van der Waals surface area contributed by atoms with E-state index in [4.69, 9.17) is 4.74 Å². The Morgan fingerprint density at radius 2 is 1.79 bits per heavy atom. The van der Waals surface area contributed by atoms with Crippen molar-refractivity contribution >= 4 is 17.7 Å². The normalized spacial score (nSPS) is 23.8. The Bertz CT molecular complexity index is 680. The summed E-state index contributed by atoms with van der Waals surface area (Å²) in [6.07, 6.45) is 1.77. The van der Waals surface area contributed by atoms with Gasteiger partial charge in [0.25, 0.3) is 5.91 Å². The number of carbonyl (C=O) groups excluding carboxylic acids is 3. The number of fused-ring (bicyclic) bond motifs is 1. The molecule has 4 rings (SSSR count). The van der Waals surface area contributed by atoms with Crippen molar-refractivity contribution in [2.24, 2.45) is 5.92 Å². The summed E-state index contributed by atoms with van der Waals surface area (Å²) in [7, 11) is 0. The Hall–Kier alpha value is -2.37. The van der Waals surface area contributed by atoms with E-state index in [0.717, 1.165) is 17.7 Å². The number of hydrogen-bond donors (Lipinski definition) is 0. The van der Waals surface area contributed by atoms with Crippen molar-refractivity contribution in [3.8, 4) is 5.75 Å². The van der Waals surface area contributed by atoms with Gasteiger partial charge in [-0.15, -0.1) is 0 Å². The van der Waals surface area contributed by atoms with Crippen LogP contribution in [0.3, 0.4) is 0 Å². The van der Waals surface area contributed by atoms with E-state index in [0.29, 0.717) is 38.9 Å². The summed E-state index contributed by atoms with van der Waals surface area (Å²) < 4.78 is 5.84. The molecule has 3 amide bonds. The average molecular weight is 328 g/mol. The van der Waals surface area contributed by atoms with E-state index in [9.17, 15) is 14.4 Å². The van der Waals surface area contributed by atoms with Gasteiger partial charge in [-0.05, 0) is 24.5 Å². The fourth-order valence-corrected chi connectivity index (χ4v) is 3.65. The first kappa shape index (κ1) is 15.2. The average Bonchev–Trinajstić information content (AvgIpc) is 2.88. The van der Waals surface area contributed by atoms with Gasteiger partial charge in [0.2, 0.25) is 11.8 Å². The predicted octanol–water partition coefficient (Wildman–Crippen LogP) is 0.988. The minimum atomic E-state index is -0.420. The first-order chi connectivity index (χ1) is 11.6. The van der Waals surface area contributed by atoms with Crippen molar-refractivity contribution in [2.75, 3.05) is 19.6 Å². The molecule has 0 aromatic heterocycles. The molecule has 0 N–H and O–H groups in total. The summed E-state index contributed by atoms with van der Waals surface area (Å²) in [5, 5.41) is 0. The third kappa shape index (κ3) is 2.66. The van der Waals surface area contributed by atoms with E-state index in [1.807, 2.05) is 24.3 Å². The molecular weight excluding hydrogens is 308 g/mol. The molecular formula is C18H20N2O4. The highest BCUT2D eigenvalue weighted by Gasteiger charge is 2.40. The third-order valence-corrected chi connectivity index (χ3v) is 5.06. The summed E-state index contributed by atoms with van der Waals surface area (Å²) in [6.45, 7) is 1.63. The van der Waals surface area contributed by atoms with Crippen LogP contribution >= 0.6 is 0 Å². The molecule has 2 saturated heterocycles. The molecule has 6 nitrogen and oxygen atoms in total. The van der Waals surface area contributed by atoms with Gasteiger partial charge >= 0.3 is 0 Å². The lowest BCUT2D eigenvalue weighted by Crippen LogP contribution is -2.57. The Morgan fingerprint density at radius 3 is 2.54 bits per heavy atom. The van der Waals surface area contributed by atoms with Crippen LogP contribution in [-0.2, 0) is 20.8 Å². The maximum absolute atomic E-state index is 12.6. The predicted molar refractivity (Wildman–Crippen MR) is 85.2 cm³/mol. The highest BCUT2D eigenvalue weighted by molar-refractivity contribution is 6.01. The van der Waals surface area contributed by atoms with E-state index in [-0.39, 0.29) is 23.6 Å². The highest BCUT2D eigenvalue weighted by atomic mass is 16.5. The molecule has 6 heteroatoms. The van der Waals surface area contributed by atoms with Gasteiger partial charge in [0.1, 0.15) is 5.75 Å². The van der Waals surface area contributed by atoms with Crippen LogP contribution in [0.15, 0.2) is 24.3 Å². The molecule has 0 radical (unpaired) electrons. The van der Waals surface area contributed by atoms with Gasteiger partial charge < -0.3 is 9.64 Å². The smallest absolute Gasteiger partial charge is 0.263 e. The first-order valence-electron chi connectivity index (χ1n) is 8.48. The van der Waals surface area contributed by atoms with E-state index >= 15 is 0 Å². The molecule has 2 fully saturated rings. The van der Waals surface area contributed by atoms with Crippen molar-refractivity contribution in [1.29, 1.82) is 0 Å². The van der Waals surface area contributed by atoms with Crippen molar-refractivity contribution in [2.45, 2.75) is 31.8 Å². The Morgan fingerprint density at radius 1 is 1.08 bits per heavy atom. The second-order valence-electron chi connectivity index (χ2n) is 6.76. The Balaban J connectivity index is 1.30. The number of amides is 3. The molecule has 126 valence electrons. The summed E-state index contributed by atoms with van der Waals surface area (Å²) in [5.74, 6) is 0.831. The zero-order valence-corrected chi connectivity index (χ0v) is 13.4. The molecule has 3 aliphatic heterocycles. The lowest BCUT2D eigenvalue weighted by Gasteiger charge is -2.42. The second kappa shape index (κ2) is 5.92. The quantitative estimate of drug-likeness (QED) is 0.776. The summed E-state index contributed by atoms with van der Waals surface area (Å²) in [4.78, 5) is 39.0. The van der Waals surface area contributed by atoms with Crippen LogP contribution in [0.25, 0.3) is 0 Å². The van der Waals surface area contributed by atoms with Gasteiger partial charge in [0.05, 0.1) is 0 Å². The maximum atomic E-state index is 12.6. The fourth-order valence-electron chi connectivity index (χ4n) is 3.65. The largest absolute Gasteiger partial charge is 0.480 e. The Kier molecular flexibility index (Phi) is 3.75. The van der Waals surface area contributed by atoms with Crippen LogP contribution < -0.4 is 4.74 Å².